The summed E-state index contributed by atoms with van der Waals surface area (Å²) in [6, 6.07) is 0. The van der Waals surface area contributed by atoms with Gasteiger partial charge in [0.25, 0.3) is 0 Å². The van der Waals surface area contributed by atoms with Gasteiger partial charge in [0.2, 0.25) is 0 Å². The Morgan fingerprint density at radius 3 is 1.00 bits per heavy atom. The first-order valence-corrected chi connectivity index (χ1v) is 23.1. The van der Waals surface area contributed by atoms with Gasteiger partial charge in [0.05, 0.1) is 6.61 Å². The molecule has 0 aromatic heterocycles. The second-order valence-electron chi connectivity index (χ2n) is 14.8. The first kappa shape index (κ1) is 47.8. The Hall–Kier alpha value is -0.190. The molecule has 0 aromatic rings. The van der Waals surface area contributed by atoms with Gasteiger partial charge < -0.3 is 14.7 Å². The van der Waals surface area contributed by atoms with Crippen molar-refractivity contribution in [2.24, 2.45) is 0 Å². The highest BCUT2D eigenvalue weighted by Gasteiger charge is 2.12. The first-order chi connectivity index (χ1) is 23.5. The van der Waals surface area contributed by atoms with E-state index in [9.17, 15) is 4.57 Å². The zero-order chi connectivity index (χ0) is 35.1. The van der Waals surface area contributed by atoms with Crippen LogP contribution in [0, 0.1) is 0 Å². The summed E-state index contributed by atoms with van der Waals surface area (Å²) in [5.74, 6) is 0. The smallest absolute Gasteiger partial charge is 0.303 e. The molecule has 0 aliphatic carbocycles. The van der Waals surface area contributed by atoms with Crippen LogP contribution < -0.4 is 0 Å². The average molecular weight is 700 g/mol. The molecular formula is C42H86NO4P. The largest absolute Gasteiger partial charge is 0.469 e. The molecule has 5 nitrogen and oxygen atoms in total. The van der Waals surface area contributed by atoms with E-state index in [0.717, 1.165) is 19.3 Å². The van der Waals surface area contributed by atoms with Crippen LogP contribution in [0.25, 0.3) is 0 Å². The topological polar surface area (TPSA) is 70.0 Å². The number of nitrogens with zero attached hydrogens (tertiary/aromatic N) is 1. The molecule has 6 heteroatoms. The maximum Gasteiger partial charge on any atom is 0.469 e. The third kappa shape index (κ3) is 42.0. The van der Waals surface area contributed by atoms with Crippen molar-refractivity contribution in [1.29, 1.82) is 0 Å². The second kappa shape index (κ2) is 39.6. The number of phosphoric ester groups is 1. The molecular weight excluding hydrogens is 613 g/mol. The molecule has 2 N–H and O–H groups in total. The van der Waals surface area contributed by atoms with Crippen molar-refractivity contribution in [3.63, 3.8) is 0 Å². The van der Waals surface area contributed by atoms with E-state index < -0.39 is 7.82 Å². The summed E-state index contributed by atoms with van der Waals surface area (Å²) in [5, 5.41) is 0. The first-order valence-electron chi connectivity index (χ1n) is 21.6. The van der Waals surface area contributed by atoms with Crippen molar-refractivity contribution in [2.45, 2.75) is 232 Å². The summed E-state index contributed by atoms with van der Waals surface area (Å²) in [6.45, 7) is 8.75. The van der Waals surface area contributed by atoms with E-state index >= 15 is 0 Å². The van der Waals surface area contributed by atoms with Gasteiger partial charge in [-0.25, -0.2) is 4.57 Å². The standard InChI is InChI=1S/C42H86NO4P/c1-3-5-7-9-11-13-23-27-31-35-39-43(40-36-32-28-24-14-12-10-8-6-4-2)41-37-33-29-25-21-19-17-15-16-18-20-22-26-30-34-38-42-47-48(44,45)46/h15-16H,3-14,17-42H2,1-2H3,(H2,44,45,46)/b16-15-. The third-order valence-electron chi connectivity index (χ3n) is 9.94. The molecule has 0 spiro atoms. The van der Waals surface area contributed by atoms with E-state index in [2.05, 4.69) is 35.4 Å². The van der Waals surface area contributed by atoms with Gasteiger partial charge >= 0.3 is 7.82 Å². The molecule has 0 bridgehead atoms. The van der Waals surface area contributed by atoms with Gasteiger partial charge in [-0.2, -0.15) is 0 Å². The van der Waals surface area contributed by atoms with Crippen LogP contribution >= 0.6 is 7.82 Å². The van der Waals surface area contributed by atoms with Crippen LogP contribution in [-0.4, -0.2) is 40.9 Å². The fourth-order valence-electron chi connectivity index (χ4n) is 6.78. The fraction of sp³-hybridized carbons (Fsp3) is 0.952. The molecule has 0 saturated heterocycles. The van der Waals surface area contributed by atoms with Gasteiger partial charge in [-0.3, -0.25) is 4.52 Å². The quantitative estimate of drug-likeness (QED) is 0.0378. The zero-order valence-electron chi connectivity index (χ0n) is 32.6. The van der Waals surface area contributed by atoms with Crippen molar-refractivity contribution in [1.82, 2.24) is 4.90 Å². The Bertz CT molecular complexity index is 659. The lowest BCUT2D eigenvalue weighted by molar-refractivity contribution is 0.193. The molecule has 288 valence electrons. The van der Waals surface area contributed by atoms with E-state index in [1.54, 1.807) is 0 Å². The monoisotopic (exact) mass is 700 g/mol. The van der Waals surface area contributed by atoms with Gasteiger partial charge in [-0.15, -0.1) is 0 Å². The molecule has 0 saturated carbocycles. The predicted octanol–water partition coefficient (Wildman–Crippen LogP) is 14.3. The SMILES string of the molecule is CCCCCCCCCCCCN(CCCCCCCC/C=C\CCCCCCCCOP(=O)(O)O)CCCCCCCCCCCC. The number of unbranched alkanes of at least 4 members (excludes halogenated alkanes) is 30. The Morgan fingerprint density at radius 1 is 0.417 bits per heavy atom. The number of allylic oxidation sites excluding steroid dienone is 2. The molecule has 0 aromatic carbocycles. The highest BCUT2D eigenvalue weighted by Crippen LogP contribution is 2.35. The maximum atomic E-state index is 10.6. The van der Waals surface area contributed by atoms with Crippen LogP contribution in [-0.2, 0) is 9.09 Å². The van der Waals surface area contributed by atoms with E-state index in [-0.39, 0.29) is 6.61 Å². The van der Waals surface area contributed by atoms with Crippen molar-refractivity contribution < 1.29 is 18.9 Å². The Balaban J connectivity index is 3.85. The Morgan fingerprint density at radius 2 is 0.688 bits per heavy atom. The molecule has 0 unspecified atom stereocenters. The van der Waals surface area contributed by atoms with Crippen LogP contribution in [0.5, 0.6) is 0 Å². The van der Waals surface area contributed by atoms with Gasteiger partial charge in [0, 0.05) is 0 Å². The highest BCUT2D eigenvalue weighted by molar-refractivity contribution is 7.46. The molecule has 0 radical (unpaired) electrons. The van der Waals surface area contributed by atoms with Gasteiger partial charge in [-0.1, -0.05) is 193 Å². The molecule has 0 heterocycles. The molecule has 0 aliphatic heterocycles. The van der Waals surface area contributed by atoms with E-state index in [0.29, 0.717) is 0 Å². The lowest BCUT2D eigenvalue weighted by Gasteiger charge is -2.22. The fourth-order valence-corrected chi connectivity index (χ4v) is 7.14. The van der Waals surface area contributed by atoms with Crippen molar-refractivity contribution >= 4 is 7.82 Å². The normalized spacial score (nSPS) is 12.3. The summed E-state index contributed by atoms with van der Waals surface area (Å²) < 4.78 is 15.1. The van der Waals surface area contributed by atoms with Gasteiger partial charge in [0.15, 0.2) is 0 Å². The Kier molecular flexibility index (Phi) is 39.4. The maximum absolute atomic E-state index is 10.6. The summed E-state index contributed by atoms with van der Waals surface area (Å²) in [6.07, 6.45) is 50.5. The molecule has 0 amide bonds. The van der Waals surface area contributed by atoms with Crippen LogP contribution in [0.1, 0.15) is 232 Å². The minimum atomic E-state index is -4.29. The van der Waals surface area contributed by atoms with E-state index in [1.807, 2.05) is 0 Å². The number of phosphoric acid groups is 1. The van der Waals surface area contributed by atoms with E-state index in [1.165, 1.54) is 219 Å². The van der Waals surface area contributed by atoms with Crippen LogP contribution in [0.15, 0.2) is 12.2 Å². The van der Waals surface area contributed by atoms with E-state index in [4.69, 9.17) is 9.79 Å². The zero-order valence-corrected chi connectivity index (χ0v) is 33.5. The third-order valence-corrected chi connectivity index (χ3v) is 10.5. The second-order valence-corrected chi connectivity index (χ2v) is 16.1. The highest BCUT2D eigenvalue weighted by atomic mass is 31.2. The number of hydrogen-bond acceptors (Lipinski definition) is 3. The summed E-state index contributed by atoms with van der Waals surface area (Å²) in [5.41, 5.74) is 0. The number of rotatable bonds is 41. The lowest BCUT2D eigenvalue weighted by atomic mass is 10.1. The Labute approximate surface area is 301 Å². The minimum absolute atomic E-state index is 0.157. The molecule has 0 fully saturated rings. The lowest BCUT2D eigenvalue weighted by Crippen LogP contribution is -2.27. The van der Waals surface area contributed by atoms with Crippen molar-refractivity contribution in [3.8, 4) is 0 Å². The minimum Gasteiger partial charge on any atom is -0.303 e. The van der Waals surface area contributed by atoms with Crippen LogP contribution in [0.2, 0.25) is 0 Å². The molecule has 0 rings (SSSR count). The van der Waals surface area contributed by atoms with Crippen LogP contribution in [0.4, 0.5) is 0 Å². The molecule has 0 atom stereocenters. The average Bonchev–Trinajstić information content (AvgIpc) is 3.06. The summed E-state index contributed by atoms with van der Waals surface area (Å²) in [7, 11) is -4.29. The predicted molar refractivity (Wildman–Crippen MR) is 212 cm³/mol. The summed E-state index contributed by atoms with van der Waals surface area (Å²) >= 11 is 0. The van der Waals surface area contributed by atoms with Crippen LogP contribution in [0.3, 0.4) is 0 Å². The molecule has 0 aliphatic rings. The summed E-state index contributed by atoms with van der Waals surface area (Å²) in [4.78, 5) is 20.2. The number of hydrogen-bond donors (Lipinski definition) is 2. The molecule has 48 heavy (non-hydrogen) atoms. The van der Waals surface area contributed by atoms with Crippen molar-refractivity contribution in [3.05, 3.63) is 12.2 Å². The van der Waals surface area contributed by atoms with Gasteiger partial charge in [0.1, 0.15) is 0 Å². The van der Waals surface area contributed by atoms with Crippen molar-refractivity contribution in [2.75, 3.05) is 26.2 Å². The van der Waals surface area contributed by atoms with Gasteiger partial charge in [-0.05, 0) is 71.0 Å².